The fourth-order valence-corrected chi connectivity index (χ4v) is 5.54. The van der Waals surface area contributed by atoms with E-state index in [9.17, 15) is 22.8 Å². The Morgan fingerprint density at radius 2 is 1.64 bits per heavy atom. The molecule has 0 aliphatic carbocycles. The molecule has 1 aliphatic heterocycles. The smallest absolute Gasteiger partial charge is 0.322 e. The summed E-state index contributed by atoms with van der Waals surface area (Å²) in [5.74, 6) is -3.07. The lowest BCUT2D eigenvalue weighted by atomic mass is 9.99. The predicted octanol–water partition coefficient (Wildman–Crippen LogP) is 4.58. The number of carbonyl (C=O) groups is 3. The van der Waals surface area contributed by atoms with Gasteiger partial charge < -0.3 is 20.3 Å². The van der Waals surface area contributed by atoms with E-state index in [-0.39, 0.29) is 34.7 Å². The molecule has 1 fully saturated rings. The summed E-state index contributed by atoms with van der Waals surface area (Å²) in [7, 11) is -2.43. The molecule has 2 N–H and O–H groups in total. The van der Waals surface area contributed by atoms with Gasteiger partial charge in [0, 0.05) is 40.3 Å². The predicted molar refractivity (Wildman–Crippen MR) is 145 cm³/mol. The van der Waals surface area contributed by atoms with Crippen molar-refractivity contribution in [1.82, 2.24) is 4.90 Å². The molecule has 0 radical (unpaired) electrons. The lowest BCUT2D eigenvalue weighted by Gasteiger charge is -2.26. The first-order valence-electron chi connectivity index (χ1n) is 11.8. The van der Waals surface area contributed by atoms with Crippen LogP contribution in [0.3, 0.4) is 0 Å². The second kappa shape index (κ2) is 11.4. The molecule has 2 atom stereocenters. The number of hydrogen-bond acceptors (Lipinski definition) is 6. The first-order valence-corrected chi connectivity index (χ1v) is 14.1. The van der Waals surface area contributed by atoms with E-state index in [1.165, 1.54) is 36.3 Å². The molecule has 0 spiro atoms. The molecule has 204 valence electrons. The molecule has 9 nitrogen and oxygen atoms in total. The van der Waals surface area contributed by atoms with Crippen LogP contribution in [0.4, 0.5) is 20.6 Å². The quantitative estimate of drug-likeness (QED) is 0.416. The zero-order valence-corrected chi connectivity index (χ0v) is 22.6. The van der Waals surface area contributed by atoms with Crippen LogP contribution in [0.25, 0.3) is 11.1 Å². The van der Waals surface area contributed by atoms with Crippen molar-refractivity contribution >= 4 is 50.7 Å². The minimum atomic E-state index is -3.62. The molecular formula is C27H25ClFN3O6S. The van der Waals surface area contributed by atoms with Crippen LogP contribution in [-0.4, -0.2) is 57.2 Å². The van der Waals surface area contributed by atoms with Crippen molar-refractivity contribution in [1.29, 1.82) is 0 Å². The van der Waals surface area contributed by atoms with E-state index < -0.39 is 45.5 Å². The maximum absolute atomic E-state index is 15.2. The third-order valence-electron chi connectivity index (χ3n) is 6.34. The van der Waals surface area contributed by atoms with Gasteiger partial charge in [0.05, 0.1) is 17.9 Å². The highest BCUT2D eigenvalue weighted by molar-refractivity contribution is 7.90. The molecule has 0 saturated carbocycles. The highest BCUT2D eigenvalue weighted by atomic mass is 35.5. The number of rotatable bonds is 6. The molecule has 1 heterocycles. The van der Waals surface area contributed by atoms with Gasteiger partial charge in [0.25, 0.3) is 0 Å². The highest BCUT2D eigenvalue weighted by Gasteiger charge is 2.46. The summed E-state index contributed by atoms with van der Waals surface area (Å²) in [6.07, 6.45) is 1.22. The summed E-state index contributed by atoms with van der Waals surface area (Å²) in [6.45, 7) is 0.104. The Morgan fingerprint density at radius 1 is 0.974 bits per heavy atom. The molecule has 0 bridgehead atoms. The zero-order valence-electron chi connectivity index (χ0n) is 21.0. The number of halogens is 2. The van der Waals surface area contributed by atoms with Crippen LogP contribution < -0.4 is 10.6 Å². The van der Waals surface area contributed by atoms with Crippen molar-refractivity contribution in [3.63, 3.8) is 0 Å². The normalized spacial score (nSPS) is 17.0. The number of ether oxygens (including phenoxy) is 1. The molecule has 0 aromatic heterocycles. The van der Waals surface area contributed by atoms with Crippen LogP contribution in [0.1, 0.15) is 6.42 Å². The Hall–Kier alpha value is -3.96. The van der Waals surface area contributed by atoms with E-state index in [1.807, 2.05) is 0 Å². The first kappa shape index (κ1) is 28.1. The summed E-state index contributed by atoms with van der Waals surface area (Å²) in [4.78, 5) is 40.0. The fraction of sp³-hybridized carbons (Fsp3) is 0.222. The number of hydrogen-bond donors (Lipinski definition) is 2. The molecule has 1 aliphatic rings. The largest absolute Gasteiger partial charge is 0.469 e. The van der Waals surface area contributed by atoms with Crippen LogP contribution in [-0.2, 0) is 24.2 Å². The lowest BCUT2D eigenvalue weighted by molar-refractivity contribution is -0.147. The number of nitrogens with zero attached hydrogens (tertiary/aromatic N) is 1. The number of urea groups is 1. The van der Waals surface area contributed by atoms with Crippen molar-refractivity contribution < 1.29 is 31.9 Å². The van der Waals surface area contributed by atoms with Gasteiger partial charge in [0.2, 0.25) is 5.91 Å². The summed E-state index contributed by atoms with van der Waals surface area (Å²) in [5, 5.41) is 5.73. The van der Waals surface area contributed by atoms with Gasteiger partial charge in [0.1, 0.15) is 11.9 Å². The van der Waals surface area contributed by atoms with Crippen LogP contribution in [0, 0.1) is 11.7 Å². The molecule has 3 amide bonds. The molecule has 12 heteroatoms. The zero-order chi connectivity index (χ0) is 28.3. The number of anilines is 2. The summed E-state index contributed by atoms with van der Waals surface area (Å²) in [6, 6.07) is 14.4. The Morgan fingerprint density at radius 3 is 2.28 bits per heavy atom. The van der Waals surface area contributed by atoms with E-state index in [4.69, 9.17) is 16.3 Å². The first-order chi connectivity index (χ1) is 18.5. The van der Waals surface area contributed by atoms with Crippen molar-refractivity contribution in [2.45, 2.75) is 17.4 Å². The SMILES string of the molecule is COC(=O)C1CCN(C(=O)Nc2ccc(Cl)cc2)C1C(=O)Nc1ccc(-c2ccccc2S(C)(=O)=O)c(F)c1. The molecule has 3 aromatic carbocycles. The van der Waals surface area contributed by atoms with Crippen molar-refractivity contribution in [3.8, 4) is 11.1 Å². The van der Waals surface area contributed by atoms with Crippen LogP contribution in [0.15, 0.2) is 71.6 Å². The van der Waals surface area contributed by atoms with E-state index >= 15 is 4.39 Å². The van der Waals surface area contributed by atoms with Gasteiger partial charge in [-0.25, -0.2) is 17.6 Å². The standard InChI is InChI=1S/C27H25ClFN3O6S/c1-38-26(34)21-13-14-32(27(35)31-17-9-7-16(28)8-10-17)24(21)25(33)30-18-11-12-19(22(29)15-18)20-5-3-4-6-23(20)39(2,36)37/h3-12,15,21,24H,13-14H2,1-2H3,(H,30,33)(H,31,35). The number of carbonyl (C=O) groups excluding carboxylic acids is 3. The van der Waals surface area contributed by atoms with Crippen LogP contribution in [0.2, 0.25) is 5.02 Å². The fourth-order valence-electron chi connectivity index (χ4n) is 4.51. The van der Waals surface area contributed by atoms with Crippen LogP contribution >= 0.6 is 11.6 Å². The third-order valence-corrected chi connectivity index (χ3v) is 7.75. The number of nitrogens with one attached hydrogen (secondary N) is 2. The maximum Gasteiger partial charge on any atom is 0.322 e. The summed E-state index contributed by atoms with van der Waals surface area (Å²) >= 11 is 5.89. The monoisotopic (exact) mass is 573 g/mol. The number of benzene rings is 3. The van der Waals surface area contributed by atoms with Gasteiger partial charge >= 0.3 is 12.0 Å². The molecule has 3 aromatic rings. The van der Waals surface area contributed by atoms with Gasteiger partial charge in [-0.15, -0.1) is 0 Å². The number of sulfone groups is 1. The molecular weight excluding hydrogens is 549 g/mol. The minimum Gasteiger partial charge on any atom is -0.469 e. The Kier molecular flexibility index (Phi) is 8.22. The van der Waals surface area contributed by atoms with Crippen molar-refractivity contribution in [2.75, 3.05) is 30.5 Å². The third kappa shape index (κ3) is 6.21. The molecule has 2 unspecified atom stereocenters. The highest BCUT2D eigenvalue weighted by Crippen LogP contribution is 2.32. The number of likely N-dealkylation sites (tertiary alicyclic amines) is 1. The summed E-state index contributed by atoms with van der Waals surface area (Å²) in [5.41, 5.74) is 0.719. The summed E-state index contributed by atoms with van der Waals surface area (Å²) < 4.78 is 44.3. The van der Waals surface area contributed by atoms with Crippen molar-refractivity contribution in [3.05, 3.63) is 77.6 Å². The number of methoxy groups -OCH3 is 1. The minimum absolute atomic E-state index is 0.0325. The van der Waals surface area contributed by atoms with Gasteiger partial charge in [0.15, 0.2) is 9.84 Å². The van der Waals surface area contributed by atoms with Crippen molar-refractivity contribution in [2.24, 2.45) is 5.92 Å². The van der Waals surface area contributed by atoms with E-state index in [1.54, 1.807) is 36.4 Å². The maximum atomic E-state index is 15.2. The van der Waals surface area contributed by atoms with E-state index in [0.717, 1.165) is 12.3 Å². The second-order valence-corrected chi connectivity index (χ2v) is 11.4. The number of esters is 1. The van der Waals surface area contributed by atoms with Gasteiger partial charge in [-0.1, -0.05) is 29.8 Å². The molecule has 1 saturated heterocycles. The van der Waals surface area contributed by atoms with Crippen LogP contribution in [0.5, 0.6) is 0 Å². The second-order valence-electron chi connectivity index (χ2n) is 8.95. The number of amides is 3. The van der Waals surface area contributed by atoms with E-state index in [0.29, 0.717) is 10.7 Å². The van der Waals surface area contributed by atoms with Gasteiger partial charge in [-0.2, -0.15) is 0 Å². The Bertz CT molecular complexity index is 1530. The Balaban J connectivity index is 1.58. The molecule has 4 rings (SSSR count). The topological polar surface area (TPSA) is 122 Å². The Labute approximate surface area is 229 Å². The van der Waals surface area contributed by atoms with Gasteiger partial charge in [-0.05, 0) is 55.0 Å². The average molecular weight is 574 g/mol. The molecule has 39 heavy (non-hydrogen) atoms. The average Bonchev–Trinajstić information content (AvgIpc) is 3.35. The van der Waals surface area contributed by atoms with E-state index in [2.05, 4.69) is 10.6 Å². The van der Waals surface area contributed by atoms with Gasteiger partial charge in [-0.3, -0.25) is 9.59 Å². The lowest BCUT2D eigenvalue weighted by Crippen LogP contribution is -2.49.